The number of methoxy groups -OCH3 is 1. The van der Waals surface area contributed by atoms with E-state index in [4.69, 9.17) is 0 Å². The number of alkyl halides is 3. The molecule has 0 radical (unpaired) electrons. The molecule has 0 spiro atoms. The van der Waals surface area contributed by atoms with Crippen LogP contribution in [-0.2, 0) is 23.9 Å². The summed E-state index contributed by atoms with van der Waals surface area (Å²) < 4.78 is 41.7. The number of ether oxygens (including phenoxy) is 1. The molecule has 0 aliphatic carbocycles. The highest BCUT2D eigenvalue weighted by Crippen LogP contribution is 2.35. The van der Waals surface area contributed by atoms with Crippen LogP contribution < -0.4 is 0 Å². The van der Waals surface area contributed by atoms with Gasteiger partial charge in [0.2, 0.25) is 0 Å². The van der Waals surface area contributed by atoms with Gasteiger partial charge in [-0.05, 0) is 13.3 Å². The molecular weight excluding hydrogens is 295 g/mol. The van der Waals surface area contributed by atoms with Crippen molar-refractivity contribution < 1.29 is 37.1 Å². The average molecular weight is 309 g/mol. The predicted molar refractivity (Wildman–Crippen MR) is 62.0 cm³/mol. The maximum Gasteiger partial charge on any atom is 0.471 e. The van der Waals surface area contributed by atoms with Crippen molar-refractivity contribution in [2.24, 2.45) is 5.41 Å². The maximum atomic E-state index is 12.4. The Morgan fingerprint density at radius 3 is 2.33 bits per heavy atom. The lowest BCUT2D eigenvalue weighted by Gasteiger charge is -2.24. The third kappa shape index (κ3) is 3.40. The van der Waals surface area contributed by atoms with Crippen molar-refractivity contribution in [2.45, 2.75) is 25.9 Å². The fourth-order valence-corrected chi connectivity index (χ4v) is 2.20. The van der Waals surface area contributed by atoms with Crippen molar-refractivity contribution in [3.63, 3.8) is 0 Å². The minimum absolute atomic E-state index is 0.172. The third-order valence-corrected chi connectivity index (χ3v) is 3.34. The van der Waals surface area contributed by atoms with Crippen LogP contribution in [0.4, 0.5) is 13.2 Å². The molecule has 0 aromatic rings. The van der Waals surface area contributed by atoms with Gasteiger partial charge in [0.05, 0.1) is 13.7 Å². The Bertz CT molecular complexity index is 488. The summed E-state index contributed by atoms with van der Waals surface area (Å²) in [5.41, 5.74) is -1.90. The predicted octanol–water partition coefficient (Wildman–Crippen LogP) is 0.489. The molecule has 1 amide bonds. The molecule has 0 aromatic carbocycles. The molecule has 118 valence electrons. The standard InChI is InChI=1S/C12H14F3NO5/c1-7(17)3-4-11(10(20)21-2)6-16(5-8(11)18)9(19)12(13,14)15/h3-6H2,1-2H3. The zero-order valence-electron chi connectivity index (χ0n) is 11.5. The van der Waals surface area contributed by atoms with Crippen molar-refractivity contribution in [1.82, 2.24) is 4.90 Å². The first-order valence-corrected chi connectivity index (χ1v) is 6.02. The van der Waals surface area contributed by atoms with E-state index >= 15 is 0 Å². The van der Waals surface area contributed by atoms with E-state index in [0.717, 1.165) is 7.11 Å². The zero-order valence-corrected chi connectivity index (χ0v) is 11.5. The minimum atomic E-state index is -5.13. The Hall–Kier alpha value is -1.93. The van der Waals surface area contributed by atoms with E-state index < -0.39 is 42.3 Å². The number of ketones is 2. The highest BCUT2D eigenvalue weighted by Gasteiger charge is 2.57. The molecule has 1 fully saturated rings. The van der Waals surface area contributed by atoms with Crippen LogP contribution in [0.1, 0.15) is 19.8 Å². The lowest BCUT2D eigenvalue weighted by molar-refractivity contribution is -0.185. The first-order valence-electron chi connectivity index (χ1n) is 6.02. The fourth-order valence-electron chi connectivity index (χ4n) is 2.20. The molecule has 0 N–H and O–H groups in total. The second-order valence-electron chi connectivity index (χ2n) is 4.86. The number of rotatable bonds is 4. The summed E-state index contributed by atoms with van der Waals surface area (Å²) in [5, 5.41) is 0. The monoisotopic (exact) mass is 309 g/mol. The van der Waals surface area contributed by atoms with Crippen LogP contribution in [0.3, 0.4) is 0 Å². The third-order valence-electron chi connectivity index (χ3n) is 3.34. The number of amides is 1. The number of esters is 1. The van der Waals surface area contributed by atoms with Crippen molar-refractivity contribution in [3.8, 4) is 0 Å². The minimum Gasteiger partial charge on any atom is -0.468 e. The summed E-state index contributed by atoms with van der Waals surface area (Å²) in [5.74, 6) is -4.41. The number of carbonyl (C=O) groups excluding carboxylic acids is 4. The Kier molecular flexibility index (Phi) is 4.75. The lowest BCUT2D eigenvalue weighted by Crippen LogP contribution is -2.43. The summed E-state index contributed by atoms with van der Waals surface area (Å²) in [6.07, 6.45) is -5.59. The first kappa shape index (κ1) is 17.1. The summed E-state index contributed by atoms with van der Waals surface area (Å²) in [7, 11) is 0.985. The second-order valence-corrected chi connectivity index (χ2v) is 4.86. The average Bonchev–Trinajstić information content (AvgIpc) is 2.71. The van der Waals surface area contributed by atoms with Gasteiger partial charge in [0.1, 0.15) is 11.2 Å². The van der Waals surface area contributed by atoms with Crippen LogP contribution in [0, 0.1) is 5.41 Å². The Morgan fingerprint density at radius 2 is 1.90 bits per heavy atom. The van der Waals surface area contributed by atoms with Gasteiger partial charge in [0.15, 0.2) is 5.78 Å². The molecule has 1 heterocycles. The molecule has 0 saturated carbocycles. The van der Waals surface area contributed by atoms with Gasteiger partial charge in [-0.15, -0.1) is 0 Å². The highest BCUT2D eigenvalue weighted by molar-refractivity contribution is 6.09. The van der Waals surface area contributed by atoms with Crippen LogP contribution in [-0.4, -0.2) is 54.7 Å². The fraction of sp³-hybridized carbons (Fsp3) is 0.667. The van der Waals surface area contributed by atoms with Crippen LogP contribution in [0.15, 0.2) is 0 Å². The molecule has 1 aliphatic heterocycles. The van der Waals surface area contributed by atoms with Crippen molar-refractivity contribution in [1.29, 1.82) is 0 Å². The Morgan fingerprint density at radius 1 is 1.33 bits per heavy atom. The Balaban J connectivity index is 3.05. The number of Topliss-reactive ketones (excluding diaryl/α,β-unsaturated/α-hetero) is 2. The molecule has 1 rings (SSSR count). The smallest absolute Gasteiger partial charge is 0.468 e. The van der Waals surface area contributed by atoms with E-state index in [2.05, 4.69) is 4.74 Å². The van der Waals surface area contributed by atoms with Gasteiger partial charge in [-0.3, -0.25) is 14.4 Å². The zero-order chi connectivity index (χ0) is 16.4. The molecule has 0 aromatic heterocycles. The number of halogens is 3. The highest BCUT2D eigenvalue weighted by atomic mass is 19.4. The Labute approximate surface area is 118 Å². The lowest BCUT2D eigenvalue weighted by atomic mass is 9.81. The molecular formula is C12H14F3NO5. The van der Waals surface area contributed by atoms with E-state index in [-0.39, 0.29) is 23.5 Å². The molecule has 6 nitrogen and oxygen atoms in total. The van der Waals surface area contributed by atoms with Crippen LogP contribution in [0.25, 0.3) is 0 Å². The molecule has 1 unspecified atom stereocenters. The summed E-state index contributed by atoms with van der Waals surface area (Å²) in [6.45, 7) is -0.335. The van der Waals surface area contributed by atoms with Crippen molar-refractivity contribution >= 4 is 23.4 Å². The summed E-state index contributed by atoms with van der Waals surface area (Å²) in [4.78, 5) is 46.2. The van der Waals surface area contributed by atoms with E-state index in [0.29, 0.717) is 0 Å². The molecule has 1 aliphatic rings. The molecule has 21 heavy (non-hydrogen) atoms. The van der Waals surface area contributed by atoms with Crippen molar-refractivity contribution in [2.75, 3.05) is 20.2 Å². The quantitative estimate of drug-likeness (QED) is 0.557. The van der Waals surface area contributed by atoms with Crippen LogP contribution in [0.2, 0.25) is 0 Å². The molecule has 0 bridgehead atoms. The van der Waals surface area contributed by atoms with Gasteiger partial charge in [-0.1, -0.05) is 0 Å². The van der Waals surface area contributed by atoms with Gasteiger partial charge < -0.3 is 14.4 Å². The molecule has 1 atom stereocenters. The normalized spacial score (nSPS) is 22.3. The van der Waals surface area contributed by atoms with Crippen LogP contribution in [0.5, 0.6) is 0 Å². The first-order chi connectivity index (χ1) is 9.54. The largest absolute Gasteiger partial charge is 0.471 e. The SMILES string of the molecule is COC(=O)C1(CCC(C)=O)CN(C(=O)C(F)(F)F)CC1=O. The van der Waals surface area contributed by atoms with E-state index in [1.54, 1.807) is 0 Å². The number of hydrogen-bond donors (Lipinski definition) is 0. The van der Waals surface area contributed by atoms with Gasteiger partial charge in [-0.2, -0.15) is 13.2 Å². The van der Waals surface area contributed by atoms with E-state index in [1.165, 1.54) is 6.92 Å². The number of hydrogen-bond acceptors (Lipinski definition) is 5. The maximum absolute atomic E-state index is 12.4. The summed E-state index contributed by atoms with van der Waals surface area (Å²) in [6, 6.07) is 0. The number of nitrogens with zero attached hydrogens (tertiary/aromatic N) is 1. The van der Waals surface area contributed by atoms with E-state index in [9.17, 15) is 32.3 Å². The van der Waals surface area contributed by atoms with Gasteiger partial charge in [0.25, 0.3) is 0 Å². The van der Waals surface area contributed by atoms with Gasteiger partial charge >= 0.3 is 18.1 Å². The molecule has 1 saturated heterocycles. The number of carbonyl (C=O) groups is 4. The topological polar surface area (TPSA) is 80.8 Å². The summed E-state index contributed by atoms with van der Waals surface area (Å²) >= 11 is 0. The van der Waals surface area contributed by atoms with Gasteiger partial charge in [0, 0.05) is 13.0 Å². The number of likely N-dealkylation sites (tertiary alicyclic amines) is 1. The van der Waals surface area contributed by atoms with Crippen LogP contribution >= 0.6 is 0 Å². The van der Waals surface area contributed by atoms with E-state index in [1.807, 2.05) is 0 Å². The molecule has 9 heteroatoms. The van der Waals surface area contributed by atoms with Gasteiger partial charge in [-0.25, -0.2) is 0 Å². The second kappa shape index (κ2) is 5.82. The van der Waals surface area contributed by atoms with Crippen molar-refractivity contribution in [3.05, 3.63) is 0 Å².